The standard InChI is InChI=1S/C50H57N3O3.C46H57N3O4.C10H11NO4/c1-7-32-19-46(53(26-32)50(55)31(6)33-11-9-8-10-12-33)45-22-36(25-51-45)34-14-17-38-37(20-34)27-56-47-24-40-35(21-42(38)47)15-18-43-41(40)23-44(52-43)39-16-13-29(4)48(39)49(54)30(5)28(2)3;1-9-28-16-41(49(23-28)45(51)53-46(6,7)8)40-19-31(22-47-40)29-11-14-33-32(17-29)24-52-42-21-35-30(18-37(33)42)12-15-38-36(35)20-39(48-38)34-13-10-26(4)43(34)44(50)27(5)25(2)3;1-15-10(14)11-8(9(12)13)7-5-3-2-4-6-7/h8-12,14,17,20-21,24-25,28-32,39,46,48H,7,13,15-16,18-19,22-23,26-27H2,1-6H3;11,14,17-18,21-22,25-28,34,41,43H,9-10,12-13,15-16,19-20,23-24H2,1-8H3;2-6,8H,1H3,(H,11,14)(H,12,13)/t29-,30-,31?,32-,39-,46-,48?;26-,27-,28-,34-,41-,43?;8-/m001/s1. The number of benzene rings is 6. The second kappa shape index (κ2) is 36.2. The number of ketones is 2. The van der Waals surface area contributed by atoms with Gasteiger partial charge in [0, 0.05) is 132 Å². The number of nitrogens with one attached hydrogen (secondary N) is 1. The molecular formula is C106H125N7O11. The van der Waals surface area contributed by atoms with Crippen LogP contribution in [0.4, 0.5) is 9.59 Å². The van der Waals surface area contributed by atoms with Gasteiger partial charge in [0.15, 0.2) is 6.04 Å². The molecule has 18 heteroatoms. The Morgan fingerprint density at radius 1 is 0.524 bits per heavy atom. The molecule has 0 radical (unpaired) electrons. The maximum absolute atomic E-state index is 13.9. The number of aliphatic carboxylic acids is 1. The van der Waals surface area contributed by atoms with Gasteiger partial charge in [-0.2, -0.15) is 0 Å². The number of nitrogens with zero attached hydrogens (tertiary/aromatic N) is 6. The van der Waals surface area contributed by atoms with E-state index in [4.69, 9.17) is 39.3 Å². The minimum absolute atomic E-state index is 0.0289. The molecule has 2 N–H and O–H groups in total. The third kappa shape index (κ3) is 17.5. The van der Waals surface area contributed by atoms with Gasteiger partial charge in [-0.05, 0) is 253 Å². The van der Waals surface area contributed by atoms with E-state index in [1.165, 1.54) is 113 Å². The molecule has 2 saturated heterocycles. The number of amides is 3. The Labute approximate surface area is 732 Å². The minimum Gasteiger partial charge on any atom is -0.488 e. The fraction of sp³-hybridized carbons (Fsp3) is 0.491. The molecule has 0 spiro atoms. The van der Waals surface area contributed by atoms with E-state index in [1.54, 1.807) is 30.3 Å². The van der Waals surface area contributed by atoms with Crippen LogP contribution in [0.1, 0.15) is 254 Å². The maximum Gasteiger partial charge on any atom is 0.410 e. The number of aliphatic imine (C=N–C) groups is 4. The van der Waals surface area contributed by atoms with Gasteiger partial charge in [-0.1, -0.05) is 167 Å². The summed E-state index contributed by atoms with van der Waals surface area (Å²) in [5.41, 5.74) is 28.1. The maximum atomic E-state index is 13.9. The fourth-order valence-electron chi connectivity index (χ4n) is 21.6. The monoisotopic (exact) mass is 1670 g/mol. The summed E-state index contributed by atoms with van der Waals surface area (Å²) in [6, 6.07) is 40.4. The van der Waals surface area contributed by atoms with E-state index in [9.17, 15) is 28.8 Å². The highest BCUT2D eigenvalue weighted by molar-refractivity contribution is 6.08. The number of ether oxygens (including phenoxy) is 4. The smallest absolute Gasteiger partial charge is 0.410 e. The van der Waals surface area contributed by atoms with Gasteiger partial charge in [0.05, 0.1) is 25.1 Å². The molecule has 6 aromatic carbocycles. The second-order valence-electron chi connectivity index (χ2n) is 39.0. The van der Waals surface area contributed by atoms with E-state index in [1.807, 2.05) is 63.2 Å². The molecule has 14 atom stereocenters. The van der Waals surface area contributed by atoms with Gasteiger partial charge in [0.25, 0.3) is 0 Å². The van der Waals surface area contributed by atoms with Crippen LogP contribution in [0.3, 0.4) is 0 Å². The van der Waals surface area contributed by atoms with Crippen LogP contribution in [0, 0.1) is 71.0 Å². The number of rotatable bonds is 19. The third-order valence-corrected chi connectivity index (χ3v) is 29.6. The Balaban J connectivity index is 0.000000157. The van der Waals surface area contributed by atoms with Gasteiger partial charge in [-0.25, -0.2) is 14.4 Å². The van der Waals surface area contributed by atoms with Crippen LogP contribution in [-0.4, -0.2) is 111 Å². The van der Waals surface area contributed by atoms with Gasteiger partial charge in [-0.3, -0.25) is 39.3 Å². The van der Waals surface area contributed by atoms with Gasteiger partial charge in [0.2, 0.25) is 5.91 Å². The largest absolute Gasteiger partial charge is 0.488 e. The summed E-state index contributed by atoms with van der Waals surface area (Å²) < 4.78 is 23.2. The summed E-state index contributed by atoms with van der Waals surface area (Å²) in [4.78, 5) is 101. The predicted molar refractivity (Wildman–Crippen MR) is 492 cm³/mol. The van der Waals surface area contributed by atoms with Gasteiger partial charge >= 0.3 is 18.2 Å². The molecule has 4 aliphatic carbocycles. The Hall–Kier alpha value is -10.6. The Bertz CT molecular complexity index is 5460. The van der Waals surface area contributed by atoms with Crippen molar-refractivity contribution in [2.45, 2.75) is 243 Å². The summed E-state index contributed by atoms with van der Waals surface area (Å²) >= 11 is 0. The number of carboxylic acid groups (broad SMARTS) is 1. The molecule has 12 aliphatic rings. The normalized spacial score (nSPS) is 24.6. The molecule has 18 rings (SSSR count). The highest BCUT2D eigenvalue weighted by Crippen LogP contribution is 2.53. The van der Waals surface area contributed by atoms with Crippen LogP contribution in [0.25, 0.3) is 44.5 Å². The van der Waals surface area contributed by atoms with Gasteiger partial charge in [0.1, 0.15) is 41.9 Å². The Morgan fingerprint density at radius 3 is 1.41 bits per heavy atom. The minimum atomic E-state index is -1.13. The van der Waals surface area contributed by atoms with Crippen molar-refractivity contribution in [2.24, 2.45) is 91.0 Å². The average molecular weight is 1670 g/mol. The van der Waals surface area contributed by atoms with Gasteiger partial charge in [-0.15, -0.1) is 0 Å². The van der Waals surface area contributed by atoms with Crippen molar-refractivity contribution in [1.82, 2.24) is 15.1 Å². The molecule has 6 aromatic rings. The summed E-state index contributed by atoms with van der Waals surface area (Å²) in [7, 11) is 1.18. The van der Waals surface area contributed by atoms with E-state index in [0.29, 0.717) is 65.9 Å². The third-order valence-electron chi connectivity index (χ3n) is 29.6. The first-order valence-corrected chi connectivity index (χ1v) is 46.1. The van der Waals surface area contributed by atoms with Crippen molar-refractivity contribution in [3.05, 3.63) is 201 Å². The van der Waals surface area contributed by atoms with E-state index >= 15 is 0 Å². The van der Waals surface area contributed by atoms with Crippen LogP contribution in [0.15, 0.2) is 165 Å². The first-order valence-electron chi connectivity index (χ1n) is 46.1. The van der Waals surface area contributed by atoms with Crippen LogP contribution >= 0.6 is 0 Å². The predicted octanol–water partition coefficient (Wildman–Crippen LogP) is 22.5. The summed E-state index contributed by atoms with van der Waals surface area (Å²) in [5.74, 6) is 5.02. The topological polar surface area (TPSA) is 228 Å². The lowest BCUT2D eigenvalue weighted by atomic mass is 9.76. The number of aryl methyl sites for hydroxylation is 2. The first kappa shape index (κ1) is 86.9. The average Bonchev–Trinajstić information content (AvgIpc) is 1.55. The zero-order valence-electron chi connectivity index (χ0n) is 75.3. The molecule has 3 amide bonds. The van der Waals surface area contributed by atoms with E-state index < -0.39 is 23.7 Å². The lowest BCUT2D eigenvalue weighted by Crippen LogP contribution is -2.43. The number of carbonyl (C=O) groups excluding carboxylic acids is 5. The molecule has 8 heterocycles. The number of carboxylic acids is 1. The van der Waals surface area contributed by atoms with Crippen LogP contribution in [-0.2, 0) is 54.7 Å². The zero-order valence-corrected chi connectivity index (χ0v) is 75.3. The number of allylic oxidation sites excluding steroid dienone is 6. The summed E-state index contributed by atoms with van der Waals surface area (Å²) in [6.07, 6.45) is 18.4. The van der Waals surface area contributed by atoms with Crippen LogP contribution in [0.2, 0.25) is 0 Å². The number of Topliss-reactive ketones (excluding diaryl/α,β-unsaturated/α-hetero) is 2. The van der Waals surface area contributed by atoms with Crippen molar-refractivity contribution < 1.29 is 52.8 Å². The first-order chi connectivity index (χ1) is 59.5. The van der Waals surface area contributed by atoms with Crippen molar-refractivity contribution in [3.8, 4) is 33.8 Å². The molecule has 650 valence electrons. The second-order valence-corrected chi connectivity index (χ2v) is 39.0. The lowest BCUT2D eigenvalue weighted by molar-refractivity contribution is -0.139. The Morgan fingerprint density at radius 2 is 0.976 bits per heavy atom. The zero-order chi connectivity index (χ0) is 87.4. The number of carbonyl (C=O) groups is 6. The number of likely N-dealkylation sites (tertiary alicyclic amines) is 2. The van der Waals surface area contributed by atoms with E-state index in [0.717, 1.165) is 150 Å². The number of hydrogen-bond donors (Lipinski definition) is 2. The molecule has 4 fully saturated rings. The molecule has 3 unspecified atom stereocenters. The van der Waals surface area contributed by atoms with E-state index in [2.05, 4.69) is 157 Å². The molecule has 0 aromatic heterocycles. The number of hydrogen-bond acceptors (Lipinski definition) is 14. The molecule has 0 bridgehead atoms. The number of alkyl carbamates (subject to hydrolysis) is 1. The highest BCUT2D eigenvalue weighted by atomic mass is 16.6. The highest BCUT2D eigenvalue weighted by Gasteiger charge is 2.48. The van der Waals surface area contributed by atoms with Crippen molar-refractivity contribution in [2.75, 3.05) is 20.2 Å². The molecule has 124 heavy (non-hydrogen) atoms. The quantitative estimate of drug-likeness (QED) is 0.0775. The summed E-state index contributed by atoms with van der Waals surface area (Å²) in [5, 5.41) is 11.1. The van der Waals surface area contributed by atoms with Crippen LogP contribution in [0.5, 0.6) is 11.5 Å². The van der Waals surface area contributed by atoms with Crippen LogP contribution < -0.4 is 14.8 Å². The molecular weight excluding hydrogens is 1550 g/mol. The molecule has 8 aliphatic heterocycles. The fourth-order valence-corrected chi connectivity index (χ4v) is 21.6. The molecule has 18 nitrogen and oxygen atoms in total. The van der Waals surface area contributed by atoms with Crippen molar-refractivity contribution in [3.63, 3.8) is 0 Å². The SMILES string of the molecule is CC[C@H]1C[C@@H](C2=NC=C(c3ccc4c(c3)COc3cc5c(cc3-4)CCC3=C5CC([C@@H]4CC[C@H](C)C4C(=O)[C@@H](C)C(C)C)=N3)C2)N(C(=O)C(C)c2ccccc2)C1.CC[C@H]1C[C@@H](C2=NC=C(c3ccc4c(c3)COc3cc5c(cc3-4)CCC3=C5CC([C@@H]4CC[C@H](C)C4C(=O)[C@@H](C)C(C)C)=N3)C2)N(C(=O)OC(C)(C)C)C1.COC(=O)N[C@@H](C(=O)O)c1ccccc1. The van der Waals surface area contributed by atoms with E-state index in [-0.39, 0.29) is 65.5 Å². The number of fused-ring (bicyclic) bond motifs is 10. The van der Waals surface area contributed by atoms with Crippen molar-refractivity contribution in [1.29, 1.82) is 0 Å². The lowest BCUT2D eigenvalue weighted by Gasteiger charge is -2.29. The Kier molecular flexibility index (Phi) is 25.3. The number of methoxy groups -OCH3 is 1. The van der Waals surface area contributed by atoms with Gasteiger partial charge < -0.3 is 34.3 Å². The van der Waals surface area contributed by atoms with Crippen molar-refractivity contribution >= 4 is 80.8 Å². The summed E-state index contributed by atoms with van der Waals surface area (Å²) in [6.45, 7) is 32.3. The molecule has 2 saturated carbocycles.